The van der Waals surface area contributed by atoms with Crippen LogP contribution in [0.5, 0.6) is 17.2 Å². The first-order valence-electron chi connectivity index (χ1n) is 6.37. The minimum absolute atomic E-state index is 0.0385. The van der Waals surface area contributed by atoms with Gasteiger partial charge >= 0.3 is 0 Å². The average Bonchev–Trinajstić information content (AvgIpc) is 2.52. The Morgan fingerprint density at radius 3 is 2.33 bits per heavy atom. The summed E-state index contributed by atoms with van der Waals surface area (Å²) in [5.41, 5.74) is 1.29. The largest absolute Gasteiger partial charge is 0.504 e. The summed E-state index contributed by atoms with van der Waals surface area (Å²) in [6, 6.07) is 11.8. The van der Waals surface area contributed by atoms with Crippen LogP contribution in [0.3, 0.4) is 0 Å². The maximum atomic E-state index is 12.0. The third kappa shape index (κ3) is 3.63. The number of hydrogen-bond donors (Lipinski definition) is 1. The van der Waals surface area contributed by atoms with Gasteiger partial charge in [-0.25, -0.2) is 0 Å². The number of ketones is 1. The van der Waals surface area contributed by atoms with Crippen LogP contribution in [0.15, 0.2) is 48.5 Å². The number of aromatic hydroxyl groups is 1. The topological polar surface area (TPSA) is 55.8 Å². The normalized spacial score (nSPS) is 10.6. The maximum absolute atomic E-state index is 12.0. The number of benzene rings is 2. The number of ether oxygens (including phenoxy) is 2. The Kier molecular flexibility index (Phi) is 4.61. The Labute approximate surface area is 123 Å². The van der Waals surface area contributed by atoms with Crippen LogP contribution in [0.4, 0.5) is 0 Å². The Morgan fingerprint density at radius 2 is 1.76 bits per heavy atom. The van der Waals surface area contributed by atoms with Crippen molar-refractivity contribution >= 4 is 11.9 Å². The van der Waals surface area contributed by atoms with Crippen LogP contribution in [0.1, 0.15) is 15.9 Å². The monoisotopic (exact) mass is 284 g/mol. The molecule has 0 saturated heterocycles. The first kappa shape index (κ1) is 14.7. The van der Waals surface area contributed by atoms with Gasteiger partial charge < -0.3 is 14.6 Å². The number of rotatable bonds is 5. The number of carbonyl (C=O) groups is 1. The van der Waals surface area contributed by atoms with E-state index >= 15 is 0 Å². The van der Waals surface area contributed by atoms with E-state index in [1.807, 2.05) is 0 Å². The van der Waals surface area contributed by atoms with Crippen LogP contribution in [-0.2, 0) is 0 Å². The van der Waals surface area contributed by atoms with Crippen molar-refractivity contribution in [2.75, 3.05) is 14.2 Å². The fraction of sp³-hybridized carbons (Fsp3) is 0.118. The molecule has 2 aromatic carbocycles. The van der Waals surface area contributed by atoms with E-state index in [1.54, 1.807) is 49.6 Å². The van der Waals surface area contributed by atoms with Crippen molar-refractivity contribution < 1.29 is 19.4 Å². The summed E-state index contributed by atoms with van der Waals surface area (Å²) in [5, 5.41) is 9.67. The molecule has 0 bridgehead atoms. The lowest BCUT2D eigenvalue weighted by atomic mass is 10.1. The van der Waals surface area contributed by atoms with Gasteiger partial charge in [-0.05, 0) is 48.0 Å². The van der Waals surface area contributed by atoms with E-state index < -0.39 is 0 Å². The molecule has 1 N–H and O–H groups in total. The lowest BCUT2D eigenvalue weighted by molar-refractivity contribution is 0.104. The summed E-state index contributed by atoms with van der Waals surface area (Å²) >= 11 is 0. The molecule has 0 unspecified atom stereocenters. The molecule has 108 valence electrons. The molecule has 0 aliphatic carbocycles. The molecule has 4 heteroatoms. The highest BCUT2D eigenvalue weighted by Crippen LogP contribution is 2.26. The van der Waals surface area contributed by atoms with Crippen molar-refractivity contribution in [3.8, 4) is 17.2 Å². The number of phenols is 1. The highest BCUT2D eigenvalue weighted by Gasteiger charge is 2.03. The predicted octanol–water partition coefficient (Wildman–Crippen LogP) is 3.31. The van der Waals surface area contributed by atoms with Crippen LogP contribution in [-0.4, -0.2) is 25.1 Å². The highest BCUT2D eigenvalue weighted by atomic mass is 16.5. The number of methoxy groups -OCH3 is 2. The van der Waals surface area contributed by atoms with Crippen LogP contribution in [0, 0.1) is 0 Å². The first-order valence-corrected chi connectivity index (χ1v) is 6.37. The van der Waals surface area contributed by atoms with Crippen molar-refractivity contribution in [1.29, 1.82) is 0 Å². The van der Waals surface area contributed by atoms with Gasteiger partial charge in [-0.3, -0.25) is 4.79 Å². The molecular weight excluding hydrogens is 268 g/mol. The van der Waals surface area contributed by atoms with Crippen LogP contribution < -0.4 is 9.47 Å². The molecule has 0 aromatic heterocycles. The lowest BCUT2D eigenvalue weighted by Crippen LogP contribution is -1.94. The van der Waals surface area contributed by atoms with Crippen molar-refractivity contribution in [3.63, 3.8) is 0 Å². The smallest absolute Gasteiger partial charge is 0.185 e. The molecule has 0 aliphatic rings. The molecule has 2 rings (SSSR count). The molecule has 4 nitrogen and oxygen atoms in total. The molecule has 0 saturated carbocycles. The van der Waals surface area contributed by atoms with Crippen LogP contribution >= 0.6 is 0 Å². The van der Waals surface area contributed by atoms with Gasteiger partial charge in [0.1, 0.15) is 5.75 Å². The van der Waals surface area contributed by atoms with Gasteiger partial charge in [-0.2, -0.15) is 0 Å². The van der Waals surface area contributed by atoms with Gasteiger partial charge in [-0.1, -0.05) is 12.1 Å². The average molecular weight is 284 g/mol. The molecule has 0 radical (unpaired) electrons. The molecule has 2 aromatic rings. The summed E-state index contributed by atoms with van der Waals surface area (Å²) in [6.45, 7) is 0. The predicted molar refractivity (Wildman–Crippen MR) is 81.0 cm³/mol. The Bertz CT molecular complexity index is 657. The summed E-state index contributed by atoms with van der Waals surface area (Å²) < 4.78 is 10.0. The number of hydrogen-bond acceptors (Lipinski definition) is 4. The zero-order valence-electron chi connectivity index (χ0n) is 11.9. The van der Waals surface area contributed by atoms with Gasteiger partial charge in [0.15, 0.2) is 17.3 Å². The second kappa shape index (κ2) is 6.61. The standard InChI is InChI=1S/C17H16O4/c1-20-14-7-5-13(6-8-14)15(18)9-3-12-4-10-17(21-2)16(19)11-12/h3-11,19H,1-2H3/b9-3+. The lowest BCUT2D eigenvalue weighted by Gasteiger charge is -2.03. The van der Waals surface area contributed by atoms with Gasteiger partial charge in [0.25, 0.3) is 0 Å². The number of carbonyl (C=O) groups excluding carboxylic acids is 1. The molecule has 0 spiro atoms. The molecule has 21 heavy (non-hydrogen) atoms. The molecule has 0 heterocycles. The van der Waals surface area contributed by atoms with Crippen LogP contribution in [0.2, 0.25) is 0 Å². The van der Waals surface area contributed by atoms with E-state index in [2.05, 4.69) is 0 Å². The van der Waals surface area contributed by atoms with Crippen molar-refractivity contribution in [2.45, 2.75) is 0 Å². The minimum atomic E-state index is -0.118. The molecule has 0 aliphatic heterocycles. The minimum Gasteiger partial charge on any atom is -0.504 e. The van der Waals surface area contributed by atoms with Crippen molar-refractivity contribution in [1.82, 2.24) is 0 Å². The number of phenolic OH excluding ortho intramolecular Hbond substituents is 1. The van der Waals surface area contributed by atoms with E-state index in [9.17, 15) is 9.90 Å². The third-order valence-corrected chi connectivity index (χ3v) is 3.00. The summed E-state index contributed by atoms with van der Waals surface area (Å²) in [6.07, 6.45) is 3.11. The second-order valence-corrected chi connectivity index (χ2v) is 4.36. The summed E-state index contributed by atoms with van der Waals surface area (Å²) in [7, 11) is 3.06. The Morgan fingerprint density at radius 1 is 1.05 bits per heavy atom. The van der Waals surface area contributed by atoms with Gasteiger partial charge in [0.2, 0.25) is 0 Å². The van der Waals surface area contributed by atoms with Gasteiger partial charge in [0, 0.05) is 5.56 Å². The van der Waals surface area contributed by atoms with E-state index in [0.717, 1.165) is 5.56 Å². The zero-order chi connectivity index (χ0) is 15.2. The SMILES string of the molecule is COc1ccc(C(=O)/C=C/c2ccc(OC)c(O)c2)cc1. The summed E-state index contributed by atoms with van der Waals surface area (Å²) in [5.74, 6) is 1.02. The highest BCUT2D eigenvalue weighted by molar-refractivity contribution is 6.06. The van der Waals surface area contributed by atoms with E-state index in [4.69, 9.17) is 9.47 Å². The molecule has 0 atom stereocenters. The van der Waals surface area contributed by atoms with Crippen molar-refractivity contribution in [2.24, 2.45) is 0 Å². The van der Waals surface area contributed by atoms with Crippen molar-refractivity contribution in [3.05, 3.63) is 59.7 Å². The summed E-state index contributed by atoms with van der Waals surface area (Å²) in [4.78, 5) is 12.0. The molecular formula is C17H16O4. The van der Waals surface area contributed by atoms with E-state index in [-0.39, 0.29) is 11.5 Å². The quantitative estimate of drug-likeness (QED) is 0.676. The van der Waals surface area contributed by atoms with Gasteiger partial charge in [-0.15, -0.1) is 0 Å². The van der Waals surface area contributed by atoms with E-state index in [1.165, 1.54) is 19.3 Å². The maximum Gasteiger partial charge on any atom is 0.185 e. The molecule has 0 amide bonds. The van der Waals surface area contributed by atoms with Gasteiger partial charge in [0.05, 0.1) is 14.2 Å². The fourth-order valence-electron chi connectivity index (χ4n) is 1.83. The molecule has 0 fully saturated rings. The van der Waals surface area contributed by atoms with E-state index in [0.29, 0.717) is 17.1 Å². The number of allylic oxidation sites excluding steroid dienone is 1. The Balaban J connectivity index is 2.12. The van der Waals surface area contributed by atoms with Crippen LogP contribution in [0.25, 0.3) is 6.08 Å². The third-order valence-electron chi connectivity index (χ3n) is 3.00. The Hall–Kier alpha value is -2.75. The second-order valence-electron chi connectivity index (χ2n) is 4.36. The zero-order valence-corrected chi connectivity index (χ0v) is 11.9. The first-order chi connectivity index (χ1) is 10.1. The fourth-order valence-corrected chi connectivity index (χ4v) is 1.83.